The third-order valence-corrected chi connectivity index (χ3v) is 5.49. The summed E-state index contributed by atoms with van der Waals surface area (Å²) in [6.45, 7) is 0. The molecule has 0 aliphatic heterocycles. The van der Waals surface area contributed by atoms with Crippen molar-refractivity contribution in [3.63, 3.8) is 0 Å². The second-order valence-corrected chi connectivity index (χ2v) is 6.62. The fourth-order valence-corrected chi connectivity index (χ4v) is 4.31. The van der Waals surface area contributed by atoms with Gasteiger partial charge >= 0.3 is 0 Å². The van der Waals surface area contributed by atoms with Gasteiger partial charge in [-0.05, 0) is 73.9 Å². The Labute approximate surface area is 123 Å². The molecule has 0 radical (unpaired) electrons. The molecule has 18 heavy (non-hydrogen) atoms. The summed E-state index contributed by atoms with van der Waals surface area (Å²) in [7, 11) is 0. The van der Waals surface area contributed by atoms with Crippen LogP contribution in [0.3, 0.4) is 0 Å². The minimum atomic E-state index is 0.200. The number of fused-ring (bicyclic) bond motifs is 1. The molecule has 0 spiro atoms. The molecule has 0 aromatic heterocycles. The highest BCUT2D eigenvalue weighted by molar-refractivity contribution is 9.12. The molecule has 0 heterocycles. The predicted molar refractivity (Wildman–Crippen MR) is 80.2 cm³/mol. The van der Waals surface area contributed by atoms with Gasteiger partial charge in [-0.3, -0.25) is 4.79 Å². The van der Waals surface area contributed by atoms with Gasteiger partial charge in [0.15, 0.2) is 5.78 Å². The molecule has 2 aliphatic carbocycles. The molecule has 2 atom stereocenters. The summed E-state index contributed by atoms with van der Waals surface area (Å²) in [4.78, 5) is 12.2. The van der Waals surface area contributed by atoms with Crippen LogP contribution in [-0.4, -0.2) is 5.78 Å². The molecular formula is C14H13Br2NO. The standard InChI is InChI=1S/C14H13Br2NO/c15-10-6-7(4-5-11(10)17)12-8-2-1-3-9(8)14(18)13(12)16/h4-6,8-9H,1-3,17H2. The number of carbonyl (C=O) groups excluding carboxylic acids is 1. The number of benzene rings is 1. The van der Waals surface area contributed by atoms with E-state index in [1.54, 1.807) is 0 Å². The van der Waals surface area contributed by atoms with Crippen LogP contribution in [0.1, 0.15) is 24.8 Å². The summed E-state index contributed by atoms with van der Waals surface area (Å²) in [6.07, 6.45) is 3.29. The molecule has 94 valence electrons. The Morgan fingerprint density at radius 2 is 1.89 bits per heavy atom. The van der Waals surface area contributed by atoms with Gasteiger partial charge in [-0.2, -0.15) is 0 Å². The van der Waals surface area contributed by atoms with E-state index in [4.69, 9.17) is 5.73 Å². The van der Waals surface area contributed by atoms with Crippen molar-refractivity contribution >= 4 is 48.9 Å². The van der Waals surface area contributed by atoms with Crippen LogP contribution in [-0.2, 0) is 4.79 Å². The van der Waals surface area contributed by atoms with Crippen LogP contribution in [0, 0.1) is 11.8 Å². The summed E-state index contributed by atoms with van der Waals surface area (Å²) in [6, 6.07) is 5.91. The number of nitrogens with two attached hydrogens (primary N) is 1. The lowest BCUT2D eigenvalue weighted by Gasteiger charge is -2.14. The fourth-order valence-electron chi connectivity index (χ4n) is 3.11. The third-order valence-electron chi connectivity index (χ3n) is 3.99. The number of carbonyl (C=O) groups is 1. The lowest BCUT2D eigenvalue weighted by molar-refractivity contribution is -0.118. The molecule has 4 heteroatoms. The number of allylic oxidation sites excluding steroid dienone is 2. The van der Waals surface area contributed by atoms with E-state index in [1.807, 2.05) is 18.2 Å². The van der Waals surface area contributed by atoms with Gasteiger partial charge in [-0.1, -0.05) is 12.5 Å². The highest BCUT2D eigenvalue weighted by Crippen LogP contribution is 2.51. The van der Waals surface area contributed by atoms with Crippen LogP contribution in [0.15, 0.2) is 27.2 Å². The van der Waals surface area contributed by atoms with Crippen molar-refractivity contribution in [3.8, 4) is 0 Å². The molecule has 3 rings (SSSR count). The van der Waals surface area contributed by atoms with E-state index >= 15 is 0 Å². The quantitative estimate of drug-likeness (QED) is 0.755. The zero-order chi connectivity index (χ0) is 12.9. The number of rotatable bonds is 1. The van der Waals surface area contributed by atoms with Crippen molar-refractivity contribution in [2.24, 2.45) is 11.8 Å². The van der Waals surface area contributed by atoms with E-state index in [9.17, 15) is 4.79 Å². The van der Waals surface area contributed by atoms with E-state index in [-0.39, 0.29) is 11.7 Å². The Morgan fingerprint density at radius 3 is 2.61 bits per heavy atom. The minimum Gasteiger partial charge on any atom is -0.398 e. The third kappa shape index (κ3) is 1.77. The van der Waals surface area contributed by atoms with Gasteiger partial charge in [0, 0.05) is 16.1 Å². The van der Waals surface area contributed by atoms with E-state index in [0.717, 1.165) is 39.5 Å². The highest BCUT2D eigenvalue weighted by atomic mass is 79.9. The monoisotopic (exact) mass is 369 g/mol. The first-order chi connectivity index (χ1) is 8.59. The van der Waals surface area contributed by atoms with Crippen LogP contribution in [0.25, 0.3) is 5.57 Å². The van der Waals surface area contributed by atoms with Gasteiger partial charge in [-0.15, -0.1) is 0 Å². The van der Waals surface area contributed by atoms with Crippen molar-refractivity contribution < 1.29 is 4.79 Å². The molecular weight excluding hydrogens is 358 g/mol. The van der Waals surface area contributed by atoms with Crippen molar-refractivity contribution in [3.05, 3.63) is 32.7 Å². The summed E-state index contributed by atoms with van der Waals surface area (Å²) in [5.74, 6) is 0.869. The first kappa shape index (κ1) is 12.4. The van der Waals surface area contributed by atoms with Crippen LogP contribution in [0.4, 0.5) is 5.69 Å². The summed E-state index contributed by atoms with van der Waals surface area (Å²) in [5.41, 5.74) is 8.81. The predicted octanol–water partition coefficient (Wildman–Crippen LogP) is 4.14. The maximum Gasteiger partial charge on any atom is 0.173 e. The van der Waals surface area contributed by atoms with Crippen molar-refractivity contribution in [2.45, 2.75) is 19.3 Å². The zero-order valence-electron chi connectivity index (χ0n) is 9.75. The summed E-state index contributed by atoms with van der Waals surface area (Å²) in [5, 5.41) is 0. The van der Waals surface area contributed by atoms with Crippen molar-refractivity contribution in [1.29, 1.82) is 0 Å². The number of anilines is 1. The largest absolute Gasteiger partial charge is 0.398 e. The topological polar surface area (TPSA) is 43.1 Å². The number of Topliss-reactive ketones (excluding diaryl/α,β-unsaturated/α-hetero) is 1. The van der Waals surface area contributed by atoms with Crippen molar-refractivity contribution in [1.82, 2.24) is 0 Å². The minimum absolute atomic E-state index is 0.200. The molecule has 1 saturated carbocycles. The van der Waals surface area contributed by atoms with Crippen LogP contribution in [0.5, 0.6) is 0 Å². The number of ketones is 1. The maximum absolute atomic E-state index is 12.2. The second-order valence-electron chi connectivity index (χ2n) is 4.97. The van der Waals surface area contributed by atoms with Gasteiger partial charge in [0.2, 0.25) is 0 Å². The molecule has 0 amide bonds. The Bertz CT molecular complexity index is 565. The van der Waals surface area contributed by atoms with Gasteiger partial charge in [-0.25, -0.2) is 0 Å². The second kappa shape index (κ2) is 4.49. The van der Waals surface area contributed by atoms with Crippen LogP contribution in [0.2, 0.25) is 0 Å². The van der Waals surface area contributed by atoms with Crippen LogP contribution >= 0.6 is 31.9 Å². The molecule has 2 nitrogen and oxygen atoms in total. The van der Waals surface area contributed by atoms with Gasteiger partial charge < -0.3 is 5.73 Å². The average Bonchev–Trinajstić information content (AvgIpc) is 2.89. The van der Waals surface area contributed by atoms with Gasteiger partial charge in [0.1, 0.15) is 0 Å². The lowest BCUT2D eigenvalue weighted by Crippen LogP contribution is -2.10. The van der Waals surface area contributed by atoms with Crippen LogP contribution < -0.4 is 5.73 Å². The number of hydrogen-bond donors (Lipinski definition) is 1. The molecule has 2 aliphatic rings. The van der Waals surface area contributed by atoms with E-state index in [2.05, 4.69) is 31.9 Å². The van der Waals surface area contributed by atoms with Gasteiger partial charge in [0.25, 0.3) is 0 Å². The number of halogens is 2. The smallest absolute Gasteiger partial charge is 0.173 e. The van der Waals surface area contributed by atoms with E-state index in [1.165, 1.54) is 5.57 Å². The normalized spacial score (nSPS) is 26.9. The molecule has 0 bridgehead atoms. The molecule has 1 aromatic rings. The Morgan fingerprint density at radius 1 is 1.17 bits per heavy atom. The average molecular weight is 371 g/mol. The SMILES string of the molecule is Nc1ccc(C2=C(Br)C(=O)C3CCCC23)cc1Br. The maximum atomic E-state index is 12.2. The molecule has 0 saturated heterocycles. The summed E-state index contributed by atoms with van der Waals surface area (Å²) < 4.78 is 1.66. The Balaban J connectivity index is 2.09. The Hall–Kier alpha value is -0.610. The van der Waals surface area contributed by atoms with Crippen molar-refractivity contribution in [2.75, 3.05) is 5.73 Å². The van der Waals surface area contributed by atoms with Gasteiger partial charge in [0.05, 0.1) is 4.48 Å². The molecule has 1 fully saturated rings. The highest BCUT2D eigenvalue weighted by Gasteiger charge is 2.43. The first-order valence-corrected chi connectivity index (χ1v) is 7.67. The first-order valence-electron chi connectivity index (χ1n) is 6.09. The fraction of sp³-hybridized carbons (Fsp3) is 0.357. The summed E-state index contributed by atoms with van der Waals surface area (Å²) >= 11 is 6.94. The molecule has 2 unspecified atom stereocenters. The Kier molecular flexibility index (Phi) is 3.10. The van der Waals surface area contributed by atoms with E-state index in [0.29, 0.717) is 5.92 Å². The zero-order valence-corrected chi connectivity index (χ0v) is 12.9. The number of nitrogen functional groups attached to an aromatic ring is 1. The lowest BCUT2D eigenvalue weighted by atomic mass is 9.90. The van der Waals surface area contributed by atoms with E-state index < -0.39 is 0 Å². The number of hydrogen-bond acceptors (Lipinski definition) is 2. The molecule has 2 N–H and O–H groups in total. The molecule has 1 aromatic carbocycles.